The van der Waals surface area contributed by atoms with Crippen molar-refractivity contribution in [2.75, 3.05) is 47.5 Å². The van der Waals surface area contributed by atoms with Crippen molar-refractivity contribution in [3.8, 4) is 0 Å². The van der Waals surface area contributed by atoms with Gasteiger partial charge in [-0.15, -0.1) is 0 Å². The van der Waals surface area contributed by atoms with E-state index in [4.69, 9.17) is 18.9 Å². The molecule has 0 aliphatic rings. The van der Waals surface area contributed by atoms with Gasteiger partial charge in [0.2, 0.25) is 0 Å². The lowest BCUT2D eigenvalue weighted by atomic mass is 10.0. The zero-order chi connectivity index (χ0) is 71.8. The molecular formula is C90H151NO8. The molecule has 99 heavy (non-hydrogen) atoms. The van der Waals surface area contributed by atoms with Crippen LogP contribution in [0.3, 0.4) is 0 Å². The Morgan fingerprint density at radius 1 is 0.303 bits per heavy atom. The average molecular weight is 1380 g/mol. The van der Waals surface area contributed by atoms with Crippen LogP contribution in [-0.4, -0.2) is 82.3 Å². The molecule has 0 spiro atoms. The Balaban J connectivity index is 4.06. The minimum atomic E-state index is -1.63. The van der Waals surface area contributed by atoms with E-state index in [1.807, 2.05) is 21.1 Å². The van der Waals surface area contributed by atoms with Crippen LogP contribution in [0.25, 0.3) is 0 Å². The number of ether oxygens (including phenoxy) is 4. The highest BCUT2D eigenvalue weighted by Crippen LogP contribution is 2.18. The third-order valence-corrected chi connectivity index (χ3v) is 17.3. The second kappa shape index (κ2) is 78.6. The molecule has 2 unspecified atom stereocenters. The largest absolute Gasteiger partial charge is 0.545 e. The second-order valence-electron chi connectivity index (χ2n) is 27.9. The number of carbonyl (C=O) groups is 3. The van der Waals surface area contributed by atoms with Crippen molar-refractivity contribution in [2.45, 2.75) is 347 Å². The Bertz CT molecular complexity index is 2200. The van der Waals surface area contributed by atoms with Crippen LogP contribution in [0, 0.1) is 0 Å². The summed E-state index contributed by atoms with van der Waals surface area (Å²) in [5, 5.41) is 11.9. The van der Waals surface area contributed by atoms with Crippen LogP contribution in [0.15, 0.2) is 158 Å². The number of hydrogen-bond donors (Lipinski definition) is 0. The Morgan fingerprint density at radius 2 is 0.545 bits per heavy atom. The van der Waals surface area contributed by atoms with Gasteiger partial charge in [0.15, 0.2) is 12.4 Å². The van der Waals surface area contributed by atoms with Crippen molar-refractivity contribution >= 4 is 17.9 Å². The topological polar surface area (TPSA) is 111 Å². The summed E-state index contributed by atoms with van der Waals surface area (Å²) >= 11 is 0. The fourth-order valence-corrected chi connectivity index (χ4v) is 11.2. The van der Waals surface area contributed by atoms with Crippen molar-refractivity contribution < 1.29 is 42.9 Å². The molecule has 0 fully saturated rings. The molecule has 0 aromatic rings. The summed E-state index contributed by atoms with van der Waals surface area (Å²) in [6, 6.07) is 0. The van der Waals surface area contributed by atoms with Gasteiger partial charge in [-0.05, 0) is 122 Å². The number of nitrogens with zero attached hydrogens (tertiary/aromatic N) is 1. The van der Waals surface area contributed by atoms with Crippen LogP contribution in [0.1, 0.15) is 335 Å². The molecular weight excluding hydrogens is 1220 g/mol. The molecule has 0 aromatic carbocycles. The maximum absolute atomic E-state index is 13.0. The van der Waals surface area contributed by atoms with E-state index in [1.165, 1.54) is 173 Å². The normalized spacial score (nSPS) is 13.5. The van der Waals surface area contributed by atoms with Gasteiger partial charge < -0.3 is 33.3 Å². The van der Waals surface area contributed by atoms with Crippen molar-refractivity contribution in [1.82, 2.24) is 0 Å². The zero-order valence-electron chi connectivity index (χ0n) is 64.6. The zero-order valence-corrected chi connectivity index (χ0v) is 64.6. The van der Waals surface area contributed by atoms with Crippen molar-refractivity contribution in [3.63, 3.8) is 0 Å². The maximum Gasteiger partial charge on any atom is 0.306 e. The van der Waals surface area contributed by atoms with Crippen LogP contribution in [0.2, 0.25) is 0 Å². The number of aliphatic carboxylic acids is 1. The van der Waals surface area contributed by atoms with Crippen LogP contribution in [0.4, 0.5) is 0 Å². The van der Waals surface area contributed by atoms with E-state index in [-0.39, 0.29) is 38.6 Å². The van der Waals surface area contributed by atoms with Crippen LogP contribution < -0.4 is 5.11 Å². The second-order valence-corrected chi connectivity index (χ2v) is 27.9. The van der Waals surface area contributed by atoms with E-state index in [9.17, 15) is 19.5 Å². The Hall–Kier alpha value is -5.09. The predicted molar refractivity (Wildman–Crippen MR) is 425 cm³/mol. The highest BCUT2D eigenvalue weighted by Gasteiger charge is 2.22. The summed E-state index contributed by atoms with van der Waals surface area (Å²) in [4.78, 5) is 37.6. The van der Waals surface area contributed by atoms with Crippen LogP contribution >= 0.6 is 0 Å². The van der Waals surface area contributed by atoms with E-state index in [1.54, 1.807) is 0 Å². The number of quaternary nitrogens is 1. The van der Waals surface area contributed by atoms with Gasteiger partial charge in [0.05, 0.1) is 40.3 Å². The molecule has 0 bridgehead atoms. The number of carboxylic acids is 1. The van der Waals surface area contributed by atoms with E-state index < -0.39 is 24.3 Å². The first-order valence-corrected chi connectivity index (χ1v) is 40.6. The highest BCUT2D eigenvalue weighted by molar-refractivity contribution is 5.70. The van der Waals surface area contributed by atoms with Crippen molar-refractivity contribution in [2.24, 2.45) is 0 Å². The van der Waals surface area contributed by atoms with Gasteiger partial charge in [-0.25, -0.2) is 0 Å². The number of unbranched alkanes of at least 4 members (excludes halogenated alkanes) is 33. The quantitative estimate of drug-likeness (QED) is 0.0195. The van der Waals surface area contributed by atoms with Gasteiger partial charge in [-0.1, -0.05) is 358 Å². The lowest BCUT2D eigenvalue weighted by molar-refractivity contribution is -0.870. The van der Waals surface area contributed by atoms with Gasteiger partial charge in [-0.2, -0.15) is 0 Å². The number of carbonyl (C=O) groups excluding carboxylic acids is 3. The molecule has 0 saturated carbocycles. The van der Waals surface area contributed by atoms with Gasteiger partial charge >= 0.3 is 11.9 Å². The number of carboxylic acid groups (broad SMARTS) is 1. The highest BCUT2D eigenvalue weighted by atomic mass is 16.7. The number of allylic oxidation sites excluding steroid dienone is 26. The molecule has 9 nitrogen and oxygen atoms in total. The van der Waals surface area contributed by atoms with Gasteiger partial charge in [-0.3, -0.25) is 9.59 Å². The minimum Gasteiger partial charge on any atom is -0.545 e. The Kier molecular flexibility index (Phi) is 74.6. The van der Waals surface area contributed by atoms with Crippen molar-refractivity contribution in [3.05, 3.63) is 158 Å². The summed E-state index contributed by atoms with van der Waals surface area (Å²) in [6.45, 7) is 4.53. The molecule has 0 N–H and O–H groups in total. The van der Waals surface area contributed by atoms with Crippen molar-refractivity contribution in [1.29, 1.82) is 0 Å². The lowest BCUT2D eigenvalue weighted by Crippen LogP contribution is -2.44. The molecule has 9 heteroatoms. The molecule has 2 atom stereocenters. The third kappa shape index (κ3) is 80.1. The summed E-state index contributed by atoms with van der Waals surface area (Å²) in [7, 11) is 5.93. The first kappa shape index (κ1) is 93.9. The van der Waals surface area contributed by atoms with Gasteiger partial charge in [0.25, 0.3) is 0 Å². The molecule has 0 rings (SSSR count). The molecule has 0 aliphatic carbocycles. The standard InChI is InChI=1S/C90H151NO8/c1-6-8-10-12-14-16-18-20-22-24-26-28-30-32-34-36-38-40-42-43-44-45-47-48-50-52-54-56-58-60-62-64-66-68-70-72-74-76-78-80-87(92)97-84-86(85-98-90(89(94)95)96-83-82-91(3,4)5)99-88(93)81-79-77-75-73-71-69-67-65-63-61-59-57-55-53-51-49-46-41-39-37-35-33-31-29-27-25-23-21-19-17-15-13-11-9-7-2/h8-11,14-17,20-23,26-29,33,35,39,41,49,51,55,57,61,63,86,90H,6-7,12-13,18-19,24-25,30-32,34,36-38,40,42-48,50,52-54,56,58-60,62,64-85H2,1-5H3/b10-8-,11-9-,16-14-,17-15-,22-20-,23-21-,28-26-,29-27-,35-33-,41-39-,51-49-,57-55-,63-61-. The maximum atomic E-state index is 13.0. The number of rotatable bonds is 74. The molecule has 0 amide bonds. The van der Waals surface area contributed by atoms with Crippen LogP contribution in [-0.2, 0) is 33.3 Å². The smallest absolute Gasteiger partial charge is 0.306 e. The molecule has 0 radical (unpaired) electrons. The Labute approximate surface area is 610 Å². The van der Waals surface area contributed by atoms with Crippen LogP contribution in [0.5, 0.6) is 0 Å². The average Bonchev–Trinajstić information content (AvgIpc) is 1.16. The van der Waals surface area contributed by atoms with E-state index in [0.717, 1.165) is 128 Å². The monoisotopic (exact) mass is 1370 g/mol. The lowest BCUT2D eigenvalue weighted by Gasteiger charge is -2.26. The SMILES string of the molecule is CC/C=C\C/C=C\C/C=C\C/C=C\C/C=C\C/C=C\C/C=C\C/C=C\C/C=C\CCCCCCCCCC(=O)OC(COC(=O)CCCCCCCCCCCCCCCCCCCCCCCCCCCC/C=C\C/C=C\C/C=C\C/C=C\CC)COC(OCC[N+](C)(C)C)C(=O)[O-]. The van der Waals surface area contributed by atoms with Gasteiger partial charge in [0, 0.05) is 12.8 Å². The van der Waals surface area contributed by atoms with Gasteiger partial charge in [0.1, 0.15) is 13.2 Å². The third-order valence-electron chi connectivity index (χ3n) is 17.3. The van der Waals surface area contributed by atoms with E-state index in [0.29, 0.717) is 17.4 Å². The number of esters is 2. The fourth-order valence-electron chi connectivity index (χ4n) is 11.2. The molecule has 0 saturated heterocycles. The fraction of sp³-hybridized carbons (Fsp3) is 0.678. The molecule has 0 aliphatic heterocycles. The molecule has 564 valence electrons. The number of likely N-dealkylation sites (N-methyl/N-ethyl adjacent to an activating group) is 1. The first-order valence-electron chi connectivity index (χ1n) is 40.6. The molecule has 0 aromatic heterocycles. The van der Waals surface area contributed by atoms with E-state index in [2.05, 4.69) is 172 Å². The summed E-state index contributed by atoms with van der Waals surface area (Å²) in [5.41, 5.74) is 0. The minimum absolute atomic E-state index is 0.140. The first-order chi connectivity index (χ1) is 48.6. The summed E-state index contributed by atoms with van der Waals surface area (Å²) in [5.74, 6) is -2.29. The number of hydrogen-bond acceptors (Lipinski definition) is 8. The predicted octanol–water partition coefficient (Wildman–Crippen LogP) is 25.0. The molecule has 0 heterocycles. The van der Waals surface area contributed by atoms with E-state index >= 15 is 0 Å². The Morgan fingerprint density at radius 3 is 0.808 bits per heavy atom. The summed E-state index contributed by atoms with van der Waals surface area (Å²) in [6.07, 6.45) is 114. The summed E-state index contributed by atoms with van der Waals surface area (Å²) < 4.78 is 22.8.